The van der Waals surface area contributed by atoms with Gasteiger partial charge in [0, 0.05) is 8.95 Å². The first kappa shape index (κ1) is 14.7. The molecule has 0 bridgehead atoms. The lowest BCUT2D eigenvalue weighted by molar-refractivity contribution is 0.690. The molecule has 1 nitrogen and oxygen atoms in total. The number of hydrogen-bond acceptors (Lipinski definition) is 2. The minimum atomic E-state index is 0.193. The number of hydrogen-bond donors (Lipinski definition) is 1. The lowest BCUT2D eigenvalue weighted by Gasteiger charge is -2.18. The first-order valence-electron chi connectivity index (χ1n) is 5.39. The number of thiophene rings is 1. The summed E-state index contributed by atoms with van der Waals surface area (Å²) in [6.45, 7) is 2.09. The molecule has 0 aliphatic heterocycles. The number of aryl methyl sites for hydroxylation is 1. The minimum absolute atomic E-state index is 0.193. The van der Waals surface area contributed by atoms with Crippen molar-refractivity contribution in [1.82, 2.24) is 5.32 Å². The predicted octanol–water partition coefficient (Wildman–Crippen LogP) is 5.65. The summed E-state index contributed by atoms with van der Waals surface area (Å²) in [6.07, 6.45) is 0. The third kappa shape index (κ3) is 3.07. The third-order valence-corrected chi connectivity index (χ3v) is 5.86. The summed E-state index contributed by atoms with van der Waals surface area (Å²) >= 11 is 12.5. The van der Waals surface area contributed by atoms with Crippen LogP contribution in [0.2, 0.25) is 0 Å². The van der Waals surface area contributed by atoms with Crippen molar-refractivity contribution in [3.63, 3.8) is 0 Å². The van der Waals surface area contributed by atoms with Gasteiger partial charge in [0.05, 0.1) is 9.83 Å². The van der Waals surface area contributed by atoms with Gasteiger partial charge < -0.3 is 5.32 Å². The van der Waals surface area contributed by atoms with Crippen molar-refractivity contribution in [3.8, 4) is 0 Å². The Bertz CT molecular complexity index is 565. The second-order valence-corrected chi connectivity index (χ2v) is 8.03. The topological polar surface area (TPSA) is 12.0 Å². The van der Waals surface area contributed by atoms with Crippen LogP contribution in [0.5, 0.6) is 0 Å². The fourth-order valence-corrected chi connectivity index (χ4v) is 4.11. The maximum Gasteiger partial charge on any atom is 0.0701 e. The molecule has 0 amide bonds. The summed E-state index contributed by atoms with van der Waals surface area (Å²) < 4.78 is 3.42. The molecule has 0 fully saturated rings. The molecule has 0 saturated heterocycles. The number of halogens is 3. The maximum atomic E-state index is 3.66. The van der Waals surface area contributed by atoms with Gasteiger partial charge >= 0.3 is 0 Å². The first-order valence-corrected chi connectivity index (χ1v) is 8.65. The first-order chi connectivity index (χ1) is 8.52. The Morgan fingerprint density at radius 1 is 1.11 bits per heavy atom. The molecular weight excluding hydrogens is 442 g/mol. The lowest BCUT2D eigenvalue weighted by Crippen LogP contribution is -2.17. The summed E-state index contributed by atoms with van der Waals surface area (Å²) in [7, 11) is 1.98. The molecule has 18 heavy (non-hydrogen) atoms. The minimum Gasteiger partial charge on any atom is -0.309 e. The number of benzene rings is 1. The zero-order chi connectivity index (χ0) is 13.3. The summed E-state index contributed by atoms with van der Waals surface area (Å²) in [5.74, 6) is 0. The van der Waals surface area contributed by atoms with Gasteiger partial charge in [-0.25, -0.2) is 0 Å². The molecule has 5 heteroatoms. The highest BCUT2D eigenvalue weighted by molar-refractivity contribution is 9.11. The van der Waals surface area contributed by atoms with E-state index in [1.54, 1.807) is 11.3 Å². The van der Waals surface area contributed by atoms with Crippen LogP contribution < -0.4 is 5.32 Å². The Hall–Kier alpha value is 0.320. The largest absolute Gasteiger partial charge is 0.309 e. The van der Waals surface area contributed by atoms with Gasteiger partial charge in [-0.05, 0) is 70.2 Å². The SMILES string of the molecule is CNC(c1csc(Br)c1)c1cc(Br)c(C)cc1Br. The van der Waals surface area contributed by atoms with E-state index in [9.17, 15) is 0 Å². The summed E-state index contributed by atoms with van der Waals surface area (Å²) in [5.41, 5.74) is 3.73. The standard InChI is InChI=1S/C13H12Br3NS/c1-7-3-11(15)9(5-10(7)14)13(17-2)8-4-12(16)18-6-8/h3-6,13,17H,1-2H3. The quantitative estimate of drug-likeness (QED) is 0.633. The van der Waals surface area contributed by atoms with Crippen molar-refractivity contribution >= 4 is 59.1 Å². The predicted molar refractivity (Wildman–Crippen MR) is 89.5 cm³/mol. The van der Waals surface area contributed by atoms with Gasteiger partial charge in [0.25, 0.3) is 0 Å². The van der Waals surface area contributed by atoms with Crippen LogP contribution in [0.1, 0.15) is 22.7 Å². The van der Waals surface area contributed by atoms with Crippen molar-refractivity contribution in [2.45, 2.75) is 13.0 Å². The van der Waals surface area contributed by atoms with Crippen LogP contribution in [0, 0.1) is 6.92 Å². The highest BCUT2D eigenvalue weighted by Crippen LogP contribution is 2.35. The van der Waals surface area contributed by atoms with Crippen LogP contribution in [-0.2, 0) is 0 Å². The molecule has 2 rings (SSSR count). The fraction of sp³-hybridized carbons (Fsp3) is 0.231. The van der Waals surface area contributed by atoms with Crippen molar-refractivity contribution in [3.05, 3.63) is 53.0 Å². The summed E-state index contributed by atoms with van der Waals surface area (Å²) in [4.78, 5) is 0. The third-order valence-electron chi connectivity index (χ3n) is 2.80. The van der Waals surface area contributed by atoms with E-state index in [0.717, 1.165) is 12.7 Å². The van der Waals surface area contributed by atoms with Gasteiger partial charge in [-0.15, -0.1) is 11.3 Å². The zero-order valence-corrected chi connectivity index (χ0v) is 15.5. The Balaban J connectivity index is 2.48. The van der Waals surface area contributed by atoms with Gasteiger partial charge in [0.15, 0.2) is 0 Å². The molecular formula is C13H12Br3NS. The molecule has 1 heterocycles. The second kappa shape index (κ2) is 6.18. The van der Waals surface area contributed by atoms with Crippen molar-refractivity contribution in [2.24, 2.45) is 0 Å². The molecule has 1 unspecified atom stereocenters. The van der Waals surface area contributed by atoms with Gasteiger partial charge in [-0.3, -0.25) is 0 Å². The lowest BCUT2D eigenvalue weighted by atomic mass is 10.0. The smallest absolute Gasteiger partial charge is 0.0701 e. The summed E-state index contributed by atoms with van der Waals surface area (Å²) in [6, 6.07) is 6.67. The van der Waals surface area contributed by atoms with Crippen LogP contribution in [-0.4, -0.2) is 7.05 Å². The molecule has 96 valence electrons. The Morgan fingerprint density at radius 3 is 2.39 bits per heavy atom. The van der Waals surface area contributed by atoms with Crippen molar-refractivity contribution in [2.75, 3.05) is 7.05 Å². The summed E-state index contributed by atoms with van der Waals surface area (Å²) in [5, 5.41) is 5.54. The van der Waals surface area contributed by atoms with E-state index in [0.29, 0.717) is 0 Å². The molecule has 0 radical (unpaired) electrons. The Morgan fingerprint density at radius 2 is 1.83 bits per heavy atom. The van der Waals surface area contributed by atoms with Gasteiger partial charge in [0.1, 0.15) is 0 Å². The second-order valence-electron chi connectivity index (χ2n) is 4.03. The molecule has 1 N–H and O–H groups in total. The van der Waals surface area contributed by atoms with Crippen LogP contribution in [0.15, 0.2) is 36.3 Å². The van der Waals surface area contributed by atoms with Gasteiger partial charge in [-0.2, -0.15) is 0 Å². The van der Waals surface area contributed by atoms with Crippen LogP contribution >= 0.6 is 59.1 Å². The highest BCUT2D eigenvalue weighted by atomic mass is 79.9. The van der Waals surface area contributed by atoms with Crippen LogP contribution in [0.4, 0.5) is 0 Å². The van der Waals surface area contributed by atoms with Crippen LogP contribution in [0.25, 0.3) is 0 Å². The Kier molecular flexibility index (Phi) is 5.06. The molecule has 1 atom stereocenters. The number of rotatable bonds is 3. The van der Waals surface area contributed by atoms with E-state index in [4.69, 9.17) is 0 Å². The molecule has 1 aromatic carbocycles. The molecule has 1 aromatic heterocycles. The molecule has 0 saturated carbocycles. The van der Waals surface area contributed by atoms with E-state index in [1.807, 2.05) is 7.05 Å². The average molecular weight is 454 g/mol. The molecule has 0 aliphatic carbocycles. The Labute approximate surface area is 136 Å². The monoisotopic (exact) mass is 451 g/mol. The van der Waals surface area contributed by atoms with E-state index in [2.05, 4.69) is 83.6 Å². The molecule has 0 aliphatic rings. The van der Waals surface area contributed by atoms with E-state index in [1.165, 1.54) is 16.7 Å². The van der Waals surface area contributed by atoms with Gasteiger partial charge in [0.2, 0.25) is 0 Å². The van der Waals surface area contributed by atoms with Crippen molar-refractivity contribution < 1.29 is 0 Å². The van der Waals surface area contributed by atoms with Crippen LogP contribution in [0.3, 0.4) is 0 Å². The van der Waals surface area contributed by atoms with Crippen molar-refractivity contribution in [1.29, 1.82) is 0 Å². The normalized spacial score (nSPS) is 12.7. The van der Waals surface area contributed by atoms with E-state index < -0.39 is 0 Å². The average Bonchev–Trinajstić information content (AvgIpc) is 2.73. The van der Waals surface area contributed by atoms with E-state index in [-0.39, 0.29) is 6.04 Å². The van der Waals surface area contributed by atoms with E-state index >= 15 is 0 Å². The fourth-order valence-electron chi connectivity index (χ4n) is 1.86. The highest BCUT2D eigenvalue weighted by Gasteiger charge is 2.17. The van der Waals surface area contributed by atoms with Gasteiger partial charge in [-0.1, -0.05) is 31.9 Å². The number of nitrogens with one attached hydrogen (secondary N) is 1. The molecule has 0 spiro atoms. The molecule has 2 aromatic rings. The maximum absolute atomic E-state index is 3.66. The zero-order valence-electron chi connectivity index (χ0n) is 9.93.